The number of aromatic hydroxyl groups is 1. The minimum absolute atomic E-state index is 0.00888. The molecule has 0 heterocycles. The number of unbranched alkanes of at least 4 members (excludes halogenated alkanes) is 14. The van der Waals surface area contributed by atoms with Crippen molar-refractivity contribution < 1.29 is 48.2 Å². The van der Waals surface area contributed by atoms with Crippen LogP contribution in [-0.2, 0) is 49.5 Å². The van der Waals surface area contributed by atoms with E-state index in [2.05, 4.69) is 28.2 Å². The number of phenols is 1. The molecule has 1 aromatic carbocycles. The molecular weight excluding hydrogens is 883 g/mol. The highest BCUT2D eigenvalue weighted by atomic mass is 16.5. The zero-order valence-electron chi connectivity index (χ0n) is 42.3. The lowest BCUT2D eigenvalue weighted by molar-refractivity contribution is -0.135. The van der Waals surface area contributed by atoms with E-state index in [0.29, 0.717) is 57.2 Å². The molecule has 0 saturated carbocycles. The van der Waals surface area contributed by atoms with E-state index >= 15 is 0 Å². The molecule has 1 rings (SSSR count). The number of nitrogens with one attached hydrogen (secondary N) is 4. The Balaban J connectivity index is 3.04. The summed E-state index contributed by atoms with van der Waals surface area (Å²) in [7, 11) is 1.48. The number of ether oxygens (including phenoxy) is 1. The summed E-state index contributed by atoms with van der Waals surface area (Å²) in [5.41, 5.74) is 17.4. The molecule has 5 atom stereocenters. The largest absolute Gasteiger partial charge is 0.508 e. The zero-order valence-corrected chi connectivity index (χ0v) is 42.3. The van der Waals surface area contributed by atoms with Gasteiger partial charge in [-0.05, 0) is 95.5 Å². The van der Waals surface area contributed by atoms with Gasteiger partial charge >= 0.3 is 0 Å². The first kappa shape index (κ1) is 62.3. The number of hydrogen-bond acceptors (Lipinski definition) is 12. The second-order valence-electron chi connectivity index (χ2n) is 18.6. The van der Waals surface area contributed by atoms with E-state index in [-0.39, 0.29) is 75.4 Å². The van der Waals surface area contributed by atoms with Crippen molar-refractivity contribution in [2.24, 2.45) is 29.0 Å². The highest BCUT2D eigenvalue weighted by molar-refractivity contribution is 5.96. The van der Waals surface area contributed by atoms with Gasteiger partial charge in [0.1, 0.15) is 11.8 Å². The van der Waals surface area contributed by atoms with E-state index in [1.54, 1.807) is 12.1 Å². The van der Waals surface area contributed by atoms with Gasteiger partial charge in [0.25, 0.3) is 0 Å². The molecule has 0 spiro atoms. The van der Waals surface area contributed by atoms with Crippen molar-refractivity contribution in [3.8, 4) is 5.75 Å². The molecule has 0 aliphatic carbocycles. The van der Waals surface area contributed by atoms with Crippen LogP contribution in [-0.4, -0.2) is 103 Å². The minimum atomic E-state index is -1.26. The summed E-state index contributed by atoms with van der Waals surface area (Å²) in [5, 5.41) is 20.8. The van der Waals surface area contributed by atoms with Gasteiger partial charge in [-0.1, -0.05) is 103 Å². The Kier molecular flexibility index (Phi) is 35.2. The topological polar surface area (TPSA) is 292 Å². The summed E-state index contributed by atoms with van der Waals surface area (Å²) < 4.78 is 5.18. The van der Waals surface area contributed by atoms with Crippen LogP contribution in [0, 0.1) is 11.8 Å². The van der Waals surface area contributed by atoms with Crippen LogP contribution in [0.15, 0.2) is 24.3 Å². The molecular formula is C52H89N7O10. The second-order valence-corrected chi connectivity index (χ2v) is 18.6. The molecule has 392 valence electrons. The molecule has 0 radical (unpaired) electrons. The first-order chi connectivity index (χ1) is 33.1. The molecule has 17 nitrogen and oxygen atoms in total. The monoisotopic (exact) mass is 972 g/mol. The van der Waals surface area contributed by atoms with Crippen LogP contribution in [0.25, 0.3) is 0 Å². The number of phenolic OH excluding ortho intramolecular Hbond substituents is 1. The number of benzene rings is 1. The van der Waals surface area contributed by atoms with E-state index in [0.717, 1.165) is 19.3 Å². The average molecular weight is 972 g/mol. The lowest BCUT2D eigenvalue weighted by Gasteiger charge is -2.25. The molecule has 0 bridgehead atoms. The van der Waals surface area contributed by atoms with Crippen LogP contribution in [0.2, 0.25) is 0 Å². The van der Waals surface area contributed by atoms with Crippen molar-refractivity contribution in [1.29, 1.82) is 0 Å². The summed E-state index contributed by atoms with van der Waals surface area (Å²) in [6.07, 6.45) is 17.7. The van der Waals surface area contributed by atoms with Gasteiger partial charge in [0.15, 0.2) is 17.3 Å². The Bertz CT molecular complexity index is 1660. The van der Waals surface area contributed by atoms with Crippen molar-refractivity contribution in [3.05, 3.63) is 29.8 Å². The quantitative estimate of drug-likeness (QED) is 0.0388. The first-order valence-electron chi connectivity index (χ1n) is 25.8. The SMILES string of the molecule is CCCCCCCCCCCCCCCC(=O)N[C@@H](CCOC)C(=O)NCC(=O)C[C@@H](Cc1ccc(O)cc1)C(=O)N[C@@H](CCC(N)=O)C(=O)C[C@@H](CCCCN)C(=O)N[C@@H](CCCCN)C(C)=O. The molecule has 0 aliphatic heterocycles. The number of ketones is 3. The fourth-order valence-electron chi connectivity index (χ4n) is 8.20. The van der Waals surface area contributed by atoms with Crippen LogP contribution in [0.4, 0.5) is 0 Å². The molecule has 11 N–H and O–H groups in total. The third kappa shape index (κ3) is 30.5. The van der Waals surface area contributed by atoms with Crippen LogP contribution >= 0.6 is 0 Å². The number of primary amides is 1. The number of methoxy groups -OCH3 is 1. The summed E-state index contributed by atoms with van der Waals surface area (Å²) in [5.74, 6) is -5.98. The molecule has 17 heteroatoms. The lowest BCUT2D eigenvalue weighted by atomic mass is 9.89. The summed E-state index contributed by atoms with van der Waals surface area (Å²) in [6, 6.07) is 3.07. The van der Waals surface area contributed by atoms with Crippen molar-refractivity contribution in [2.45, 2.75) is 199 Å². The van der Waals surface area contributed by atoms with Gasteiger partial charge < -0.3 is 48.3 Å². The Hall–Kier alpha value is -4.74. The maximum absolute atomic E-state index is 14.1. The van der Waals surface area contributed by atoms with Crippen LogP contribution in [0.5, 0.6) is 5.75 Å². The number of amides is 5. The van der Waals surface area contributed by atoms with Crippen molar-refractivity contribution in [3.63, 3.8) is 0 Å². The number of carbonyl (C=O) groups excluding carboxylic acids is 8. The Morgan fingerprint density at radius 3 is 1.70 bits per heavy atom. The molecule has 1 aromatic rings. The van der Waals surface area contributed by atoms with Gasteiger partial charge in [-0.15, -0.1) is 0 Å². The second kappa shape index (κ2) is 39.0. The maximum atomic E-state index is 14.1. The predicted molar refractivity (Wildman–Crippen MR) is 269 cm³/mol. The lowest BCUT2D eigenvalue weighted by Crippen LogP contribution is -2.49. The molecule has 5 amide bonds. The summed E-state index contributed by atoms with van der Waals surface area (Å²) >= 11 is 0. The van der Waals surface area contributed by atoms with Crippen LogP contribution in [0.3, 0.4) is 0 Å². The molecule has 0 unspecified atom stereocenters. The normalized spacial score (nSPS) is 13.3. The summed E-state index contributed by atoms with van der Waals surface area (Å²) in [6.45, 7) is 4.14. The summed E-state index contributed by atoms with van der Waals surface area (Å²) in [4.78, 5) is 106. The van der Waals surface area contributed by atoms with Crippen LogP contribution < -0.4 is 38.5 Å². The van der Waals surface area contributed by atoms with Gasteiger partial charge in [-0.2, -0.15) is 0 Å². The maximum Gasteiger partial charge on any atom is 0.243 e. The van der Waals surface area contributed by atoms with E-state index in [9.17, 15) is 43.5 Å². The Morgan fingerprint density at radius 1 is 0.594 bits per heavy atom. The number of Topliss-reactive ketones (excluding diaryl/α,β-unsaturated/α-hetero) is 3. The Labute approximate surface area is 412 Å². The van der Waals surface area contributed by atoms with E-state index in [4.69, 9.17) is 21.9 Å². The van der Waals surface area contributed by atoms with E-state index < -0.39 is 71.7 Å². The average Bonchev–Trinajstić information content (AvgIpc) is 3.31. The smallest absolute Gasteiger partial charge is 0.243 e. The van der Waals surface area contributed by atoms with E-state index in [1.807, 2.05) is 0 Å². The van der Waals surface area contributed by atoms with Gasteiger partial charge in [0.2, 0.25) is 29.5 Å². The number of hydrogen-bond donors (Lipinski definition) is 8. The molecule has 0 fully saturated rings. The standard InChI is InChI=1S/C52H89N7O10/c1-4-5-6-7-8-9-10-11-12-13-14-15-16-23-49(65)57-46(30-33-69-3)52(68)56-37-43(62)35-41(34-39-24-26-42(61)27-25-39)51(67)59-45(28-29-48(55)64)47(63)36-40(21-17-19-31-53)50(66)58-44(38(2)60)22-18-20-32-54/h24-27,40-41,44-46,61H,4-23,28-37,53-54H2,1-3H3,(H2,55,64)(H,56,68)(H,57,65)(H,58,66)(H,59,67)/t40-,41-,44+,45+,46+/m1/s1. The highest BCUT2D eigenvalue weighted by Crippen LogP contribution is 2.21. The van der Waals surface area contributed by atoms with Gasteiger partial charge in [0.05, 0.1) is 18.6 Å². The van der Waals surface area contributed by atoms with Crippen molar-refractivity contribution in [1.82, 2.24) is 21.3 Å². The van der Waals surface area contributed by atoms with Crippen molar-refractivity contribution >= 4 is 46.9 Å². The zero-order chi connectivity index (χ0) is 51.2. The predicted octanol–water partition coefficient (Wildman–Crippen LogP) is 5.29. The van der Waals surface area contributed by atoms with Crippen molar-refractivity contribution in [2.75, 3.05) is 33.4 Å². The molecule has 69 heavy (non-hydrogen) atoms. The Morgan fingerprint density at radius 2 is 1.14 bits per heavy atom. The fourth-order valence-corrected chi connectivity index (χ4v) is 8.20. The number of rotatable bonds is 44. The first-order valence-corrected chi connectivity index (χ1v) is 25.8. The van der Waals surface area contributed by atoms with E-state index in [1.165, 1.54) is 84.0 Å². The minimum Gasteiger partial charge on any atom is -0.508 e. The van der Waals surface area contributed by atoms with Gasteiger partial charge in [-0.3, -0.25) is 38.4 Å². The highest BCUT2D eigenvalue weighted by Gasteiger charge is 2.32. The number of carbonyl (C=O) groups is 8. The van der Waals surface area contributed by atoms with Gasteiger partial charge in [0, 0.05) is 51.2 Å². The number of nitrogens with two attached hydrogens (primary N) is 3. The molecule has 0 aromatic heterocycles. The third-order valence-electron chi connectivity index (χ3n) is 12.5. The van der Waals surface area contributed by atoms with Crippen LogP contribution in [0.1, 0.15) is 180 Å². The fraction of sp³-hybridized carbons (Fsp3) is 0.731. The molecule has 0 aliphatic rings. The molecule has 0 saturated heterocycles. The van der Waals surface area contributed by atoms with Gasteiger partial charge in [-0.25, -0.2) is 0 Å². The third-order valence-corrected chi connectivity index (χ3v) is 12.5.